The van der Waals surface area contributed by atoms with Crippen LogP contribution < -0.4 is 11.1 Å². The second-order valence-corrected chi connectivity index (χ2v) is 5.04. The quantitative estimate of drug-likeness (QED) is 0.630. The largest absolute Gasteiger partial charge is 0.397 e. The van der Waals surface area contributed by atoms with Gasteiger partial charge in [-0.2, -0.15) is 8.42 Å². The maximum Gasteiger partial charge on any atom is 0.335 e. The number of benzene rings is 1. The fourth-order valence-corrected chi connectivity index (χ4v) is 1.89. The molecule has 0 aromatic heterocycles. The van der Waals surface area contributed by atoms with Crippen molar-refractivity contribution >= 4 is 21.6 Å². The van der Waals surface area contributed by atoms with E-state index in [0.717, 1.165) is 25.0 Å². The molecule has 0 heterocycles. The van der Waals surface area contributed by atoms with E-state index in [-0.39, 0.29) is 11.7 Å². The first-order valence-electron chi connectivity index (χ1n) is 4.68. The van der Waals surface area contributed by atoms with E-state index in [9.17, 15) is 16.7 Å². The van der Waals surface area contributed by atoms with E-state index >= 15 is 0 Å². The first-order chi connectivity index (χ1) is 7.38. The van der Waals surface area contributed by atoms with Crippen LogP contribution in [0.25, 0.3) is 0 Å². The summed E-state index contributed by atoms with van der Waals surface area (Å²) in [5, 5.41) is 2.92. The standard InChI is InChI=1S/C9H10F2N2O2S/c10-6-3-8(13-5-1-2-5)7(12)4-9(6)16(11,14)15/h3-5,13H,1-2,12H2. The normalized spacial score (nSPS) is 16.1. The predicted molar refractivity (Wildman–Crippen MR) is 55.8 cm³/mol. The summed E-state index contributed by atoms with van der Waals surface area (Å²) in [6.45, 7) is 0. The van der Waals surface area contributed by atoms with Crippen LogP contribution in [0.3, 0.4) is 0 Å². The van der Waals surface area contributed by atoms with Gasteiger partial charge in [-0.05, 0) is 18.9 Å². The van der Waals surface area contributed by atoms with Crippen LogP contribution in [0.4, 0.5) is 19.7 Å². The fraction of sp³-hybridized carbons (Fsp3) is 0.333. The fourth-order valence-electron chi connectivity index (χ4n) is 1.33. The summed E-state index contributed by atoms with van der Waals surface area (Å²) in [6.07, 6.45) is 1.93. The third-order valence-electron chi connectivity index (χ3n) is 2.30. The van der Waals surface area contributed by atoms with Crippen molar-refractivity contribution in [1.82, 2.24) is 0 Å². The second-order valence-electron chi connectivity index (χ2n) is 3.73. The number of nitrogen functional groups attached to an aromatic ring is 1. The van der Waals surface area contributed by atoms with Crippen LogP contribution in [-0.2, 0) is 10.2 Å². The molecule has 0 aliphatic heterocycles. The third-order valence-corrected chi connectivity index (χ3v) is 3.14. The second kappa shape index (κ2) is 3.58. The van der Waals surface area contributed by atoms with E-state index in [0.29, 0.717) is 5.69 Å². The van der Waals surface area contributed by atoms with Gasteiger partial charge in [0.05, 0.1) is 11.4 Å². The zero-order valence-electron chi connectivity index (χ0n) is 8.20. The van der Waals surface area contributed by atoms with E-state index < -0.39 is 20.9 Å². The Kier molecular flexibility index (Phi) is 2.49. The highest BCUT2D eigenvalue weighted by molar-refractivity contribution is 7.86. The minimum atomic E-state index is -5.07. The van der Waals surface area contributed by atoms with E-state index in [2.05, 4.69) is 5.32 Å². The van der Waals surface area contributed by atoms with Crippen LogP contribution in [0, 0.1) is 5.82 Å². The lowest BCUT2D eigenvalue weighted by Gasteiger charge is -2.09. The van der Waals surface area contributed by atoms with Gasteiger partial charge in [0.2, 0.25) is 0 Å². The van der Waals surface area contributed by atoms with Gasteiger partial charge in [-0.3, -0.25) is 0 Å². The SMILES string of the molecule is Nc1cc(S(=O)(=O)F)c(F)cc1NC1CC1. The summed E-state index contributed by atoms with van der Waals surface area (Å²) in [7, 11) is -5.07. The Balaban J connectivity index is 2.41. The number of nitrogens with two attached hydrogens (primary N) is 1. The highest BCUT2D eigenvalue weighted by Gasteiger charge is 2.24. The van der Waals surface area contributed by atoms with Crippen molar-refractivity contribution in [2.75, 3.05) is 11.1 Å². The molecule has 0 unspecified atom stereocenters. The van der Waals surface area contributed by atoms with Gasteiger partial charge in [-0.1, -0.05) is 0 Å². The van der Waals surface area contributed by atoms with Crippen molar-refractivity contribution < 1.29 is 16.7 Å². The van der Waals surface area contributed by atoms with E-state index in [1.165, 1.54) is 0 Å². The van der Waals surface area contributed by atoms with Gasteiger partial charge in [0, 0.05) is 12.1 Å². The zero-order valence-corrected chi connectivity index (χ0v) is 9.02. The minimum absolute atomic E-state index is 0.0181. The molecular formula is C9H10F2N2O2S. The lowest BCUT2D eigenvalue weighted by molar-refractivity contribution is 0.534. The van der Waals surface area contributed by atoms with Gasteiger partial charge in [-0.15, -0.1) is 3.89 Å². The maximum absolute atomic E-state index is 13.3. The van der Waals surface area contributed by atoms with Crippen LogP contribution in [0.1, 0.15) is 12.8 Å². The molecule has 1 aromatic carbocycles. The number of nitrogens with one attached hydrogen (secondary N) is 1. The molecule has 0 spiro atoms. The summed E-state index contributed by atoms with van der Waals surface area (Å²) in [5.41, 5.74) is 5.82. The molecule has 0 saturated heterocycles. The Labute approximate surface area is 91.7 Å². The molecule has 1 aromatic rings. The number of halogens is 2. The molecule has 88 valence electrons. The average molecular weight is 248 g/mol. The van der Waals surface area contributed by atoms with Crippen molar-refractivity contribution in [3.8, 4) is 0 Å². The van der Waals surface area contributed by atoms with Gasteiger partial charge >= 0.3 is 10.2 Å². The number of hydrogen-bond acceptors (Lipinski definition) is 4. The van der Waals surface area contributed by atoms with E-state index in [4.69, 9.17) is 5.73 Å². The first kappa shape index (κ1) is 11.1. The van der Waals surface area contributed by atoms with Crippen LogP contribution >= 0.6 is 0 Å². The first-order valence-corrected chi connectivity index (χ1v) is 6.06. The Hall–Kier alpha value is -1.37. The van der Waals surface area contributed by atoms with Gasteiger partial charge < -0.3 is 11.1 Å². The van der Waals surface area contributed by atoms with Crippen molar-refractivity contribution in [3.05, 3.63) is 17.9 Å². The summed E-state index contributed by atoms with van der Waals surface area (Å²) in [6, 6.07) is 1.93. The minimum Gasteiger partial charge on any atom is -0.397 e. The molecule has 7 heteroatoms. The van der Waals surface area contributed by atoms with Crippen LogP contribution in [0.2, 0.25) is 0 Å². The van der Waals surface area contributed by atoms with Crippen molar-refractivity contribution in [2.45, 2.75) is 23.8 Å². The molecular weight excluding hydrogens is 238 g/mol. The van der Waals surface area contributed by atoms with Gasteiger partial charge in [0.1, 0.15) is 10.7 Å². The topological polar surface area (TPSA) is 72.2 Å². The number of anilines is 2. The molecule has 1 aliphatic rings. The molecule has 0 bridgehead atoms. The van der Waals surface area contributed by atoms with Crippen LogP contribution in [-0.4, -0.2) is 14.5 Å². The molecule has 0 radical (unpaired) electrons. The van der Waals surface area contributed by atoms with Gasteiger partial charge in [0.25, 0.3) is 0 Å². The number of hydrogen-bond donors (Lipinski definition) is 2. The molecule has 0 atom stereocenters. The average Bonchev–Trinajstić information content (AvgIpc) is 2.92. The Bertz CT molecular complexity index is 527. The molecule has 3 N–H and O–H groups in total. The van der Waals surface area contributed by atoms with Crippen molar-refractivity contribution in [1.29, 1.82) is 0 Å². The predicted octanol–water partition coefficient (Wildman–Crippen LogP) is 1.64. The lowest BCUT2D eigenvalue weighted by atomic mass is 10.2. The highest BCUT2D eigenvalue weighted by Crippen LogP contribution is 2.31. The zero-order chi connectivity index (χ0) is 11.9. The van der Waals surface area contributed by atoms with E-state index in [1.807, 2.05) is 0 Å². The molecule has 2 rings (SSSR count). The molecule has 0 amide bonds. The Morgan fingerprint density at radius 1 is 1.38 bits per heavy atom. The molecule has 16 heavy (non-hydrogen) atoms. The third kappa shape index (κ3) is 2.24. The maximum atomic E-state index is 13.3. The van der Waals surface area contributed by atoms with Crippen molar-refractivity contribution in [3.63, 3.8) is 0 Å². The highest BCUT2D eigenvalue weighted by atomic mass is 32.3. The van der Waals surface area contributed by atoms with Crippen molar-refractivity contribution in [2.24, 2.45) is 0 Å². The molecule has 1 fully saturated rings. The summed E-state index contributed by atoms with van der Waals surface area (Å²) in [4.78, 5) is -1.02. The number of rotatable bonds is 3. The summed E-state index contributed by atoms with van der Waals surface area (Å²) >= 11 is 0. The molecule has 1 aliphatic carbocycles. The molecule has 1 saturated carbocycles. The Morgan fingerprint density at radius 3 is 2.50 bits per heavy atom. The van der Waals surface area contributed by atoms with Gasteiger partial charge in [-0.25, -0.2) is 4.39 Å². The van der Waals surface area contributed by atoms with Gasteiger partial charge in [0.15, 0.2) is 0 Å². The summed E-state index contributed by atoms with van der Waals surface area (Å²) < 4.78 is 47.0. The monoisotopic (exact) mass is 248 g/mol. The van der Waals surface area contributed by atoms with E-state index in [1.54, 1.807) is 0 Å². The summed E-state index contributed by atoms with van der Waals surface area (Å²) in [5.74, 6) is -1.14. The van der Waals surface area contributed by atoms with Crippen LogP contribution in [0.15, 0.2) is 17.0 Å². The smallest absolute Gasteiger partial charge is 0.335 e. The molecule has 4 nitrogen and oxygen atoms in total. The van der Waals surface area contributed by atoms with Crippen LogP contribution in [0.5, 0.6) is 0 Å². The Morgan fingerprint density at radius 2 is 2.00 bits per heavy atom. The lowest BCUT2D eigenvalue weighted by Crippen LogP contribution is -2.07.